The maximum Gasteiger partial charge on any atom is 0.548 e. The molecule has 1 rings (SSSR count). The molecule has 0 fully saturated rings. The molecule has 1 aromatic carbocycles. The Morgan fingerprint density at radius 3 is 2.58 bits per heavy atom. The topological polar surface area (TPSA) is 26.3 Å². The summed E-state index contributed by atoms with van der Waals surface area (Å²) in [6, 6.07) is 5.85. The van der Waals surface area contributed by atoms with Gasteiger partial charge in [-0.05, 0) is 30.0 Å². The molecule has 0 aliphatic rings. The Bertz CT molecular complexity index is 307. The summed E-state index contributed by atoms with van der Waals surface area (Å²) in [4.78, 5) is 0. The molecule has 1 aromatic rings. The van der Waals surface area contributed by atoms with E-state index in [-0.39, 0.29) is 0 Å². The number of hydrogen-bond acceptors (Lipinski definition) is 2. The van der Waals surface area contributed by atoms with Crippen LogP contribution in [0.1, 0.15) is 11.1 Å². The number of benzene rings is 1. The quantitative estimate of drug-likeness (QED) is 0.657. The predicted octanol–water partition coefficient (Wildman–Crippen LogP) is 2.32. The third-order valence-corrected chi connectivity index (χ3v) is 2.93. The standard InChI is InChI=1S/C9H12O2P/c1-7-4-5-8(2)9(6-7)12(10)11-3/h4-6H,1-3H3/q+1. The van der Waals surface area contributed by atoms with Gasteiger partial charge in [0.1, 0.15) is 0 Å². The van der Waals surface area contributed by atoms with Gasteiger partial charge < -0.3 is 0 Å². The van der Waals surface area contributed by atoms with E-state index in [9.17, 15) is 4.57 Å². The van der Waals surface area contributed by atoms with Gasteiger partial charge in [-0.25, -0.2) is 0 Å². The molecule has 0 aromatic heterocycles. The lowest BCUT2D eigenvalue weighted by Gasteiger charge is -1.94. The minimum absolute atomic E-state index is 0.799. The summed E-state index contributed by atoms with van der Waals surface area (Å²) in [6.07, 6.45) is 0. The molecule has 0 radical (unpaired) electrons. The van der Waals surface area contributed by atoms with Crippen molar-refractivity contribution in [3.63, 3.8) is 0 Å². The summed E-state index contributed by atoms with van der Waals surface area (Å²) in [6.45, 7) is 3.91. The minimum Gasteiger partial charge on any atom is -0.145 e. The molecule has 0 saturated carbocycles. The lowest BCUT2D eigenvalue weighted by Crippen LogP contribution is -2.02. The Morgan fingerprint density at radius 2 is 2.00 bits per heavy atom. The van der Waals surface area contributed by atoms with Crippen molar-refractivity contribution in [1.82, 2.24) is 0 Å². The predicted molar refractivity (Wildman–Crippen MR) is 50.2 cm³/mol. The van der Waals surface area contributed by atoms with Gasteiger partial charge in [-0.2, -0.15) is 0 Å². The summed E-state index contributed by atoms with van der Waals surface area (Å²) >= 11 is 0. The molecule has 1 atom stereocenters. The molecular formula is C9H12O2P+. The number of aryl methyl sites for hydroxylation is 2. The highest BCUT2D eigenvalue weighted by molar-refractivity contribution is 7.48. The normalized spacial score (nSPS) is 11.4. The van der Waals surface area contributed by atoms with Gasteiger partial charge in [0.2, 0.25) is 5.30 Å². The zero-order chi connectivity index (χ0) is 9.14. The van der Waals surface area contributed by atoms with E-state index in [0.717, 1.165) is 16.4 Å². The van der Waals surface area contributed by atoms with Gasteiger partial charge >= 0.3 is 8.03 Å². The molecule has 1 unspecified atom stereocenters. The van der Waals surface area contributed by atoms with E-state index < -0.39 is 8.03 Å². The van der Waals surface area contributed by atoms with Crippen molar-refractivity contribution < 1.29 is 9.09 Å². The Labute approximate surface area is 73.4 Å². The summed E-state index contributed by atoms with van der Waals surface area (Å²) in [5.74, 6) is 0. The smallest absolute Gasteiger partial charge is 0.145 e. The van der Waals surface area contributed by atoms with E-state index in [0.29, 0.717) is 0 Å². The first kappa shape index (κ1) is 9.37. The Kier molecular flexibility index (Phi) is 2.96. The first-order valence-electron chi connectivity index (χ1n) is 3.74. The van der Waals surface area contributed by atoms with Gasteiger partial charge in [0, 0.05) is 5.56 Å². The summed E-state index contributed by atoms with van der Waals surface area (Å²) in [5, 5.41) is 0.799. The van der Waals surface area contributed by atoms with Crippen LogP contribution in [-0.2, 0) is 9.09 Å². The van der Waals surface area contributed by atoms with Crippen LogP contribution in [0.2, 0.25) is 0 Å². The van der Waals surface area contributed by atoms with Crippen molar-refractivity contribution in [3.8, 4) is 0 Å². The second-order valence-electron chi connectivity index (χ2n) is 2.73. The molecule has 64 valence electrons. The molecular weight excluding hydrogens is 171 g/mol. The molecule has 0 N–H and O–H groups in total. The maximum absolute atomic E-state index is 11.3. The van der Waals surface area contributed by atoms with E-state index in [1.807, 2.05) is 32.0 Å². The average Bonchev–Trinajstić information content (AvgIpc) is 2.08. The zero-order valence-electron chi connectivity index (χ0n) is 7.50. The van der Waals surface area contributed by atoms with Gasteiger partial charge in [-0.15, -0.1) is 4.52 Å². The van der Waals surface area contributed by atoms with Gasteiger partial charge in [0.25, 0.3) is 0 Å². The molecule has 2 nitrogen and oxygen atoms in total. The fourth-order valence-corrected chi connectivity index (χ4v) is 1.88. The van der Waals surface area contributed by atoms with E-state index in [2.05, 4.69) is 0 Å². The van der Waals surface area contributed by atoms with Gasteiger partial charge in [-0.3, -0.25) is 0 Å². The fourth-order valence-electron chi connectivity index (χ4n) is 1.01. The van der Waals surface area contributed by atoms with E-state index >= 15 is 0 Å². The highest BCUT2D eigenvalue weighted by atomic mass is 31.1. The molecule has 0 spiro atoms. The third-order valence-electron chi connectivity index (χ3n) is 1.73. The van der Waals surface area contributed by atoms with Crippen LogP contribution in [0.4, 0.5) is 0 Å². The minimum atomic E-state index is -1.66. The van der Waals surface area contributed by atoms with Crippen molar-refractivity contribution in [3.05, 3.63) is 29.3 Å². The molecule has 0 aliphatic heterocycles. The number of rotatable bonds is 2. The Balaban J connectivity index is 3.13. The van der Waals surface area contributed by atoms with E-state index in [1.165, 1.54) is 7.11 Å². The first-order valence-corrected chi connectivity index (χ1v) is 4.91. The van der Waals surface area contributed by atoms with Crippen LogP contribution in [0.3, 0.4) is 0 Å². The second kappa shape index (κ2) is 3.79. The van der Waals surface area contributed by atoms with Crippen LogP contribution >= 0.6 is 8.03 Å². The Morgan fingerprint density at radius 1 is 1.33 bits per heavy atom. The molecule has 0 saturated heterocycles. The van der Waals surface area contributed by atoms with Crippen molar-refractivity contribution in [2.24, 2.45) is 0 Å². The second-order valence-corrected chi connectivity index (χ2v) is 4.09. The first-order chi connectivity index (χ1) is 5.65. The van der Waals surface area contributed by atoms with Crippen LogP contribution < -0.4 is 5.30 Å². The van der Waals surface area contributed by atoms with Crippen LogP contribution in [0.15, 0.2) is 18.2 Å². The van der Waals surface area contributed by atoms with E-state index in [4.69, 9.17) is 4.52 Å². The molecule has 0 heterocycles. The summed E-state index contributed by atoms with van der Waals surface area (Å²) in [7, 11) is -0.202. The van der Waals surface area contributed by atoms with E-state index in [1.54, 1.807) is 0 Å². The van der Waals surface area contributed by atoms with Gasteiger partial charge in [-0.1, -0.05) is 12.1 Å². The fraction of sp³-hybridized carbons (Fsp3) is 0.333. The van der Waals surface area contributed by atoms with Crippen molar-refractivity contribution in [2.45, 2.75) is 13.8 Å². The largest absolute Gasteiger partial charge is 0.548 e. The molecule has 3 heteroatoms. The Hall–Kier alpha value is -0.720. The lowest BCUT2D eigenvalue weighted by molar-refractivity contribution is 0.423. The molecule has 0 aliphatic carbocycles. The number of hydrogen-bond donors (Lipinski definition) is 0. The van der Waals surface area contributed by atoms with Crippen LogP contribution in [0.25, 0.3) is 0 Å². The highest BCUT2D eigenvalue weighted by Gasteiger charge is 2.22. The van der Waals surface area contributed by atoms with Crippen molar-refractivity contribution in [1.29, 1.82) is 0 Å². The van der Waals surface area contributed by atoms with Gasteiger partial charge in [0.05, 0.1) is 7.11 Å². The summed E-state index contributed by atoms with van der Waals surface area (Å²) < 4.78 is 16.1. The van der Waals surface area contributed by atoms with Crippen LogP contribution in [0.5, 0.6) is 0 Å². The van der Waals surface area contributed by atoms with Crippen LogP contribution in [0, 0.1) is 13.8 Å². The van der Waals surface area contributed by atoms with Crippen LogP contribution in [-0.4, -0.2) is 7.11 Å². The molecule has 0 amide bonds. The molecule has 12 heavy (non-hydrogen) atoms. The maximum atomic E-state index is 11.3. The average molecular weight is 183 g/mol. The van der Waals surface area contributed by atoms with Gasteiger partial charge in [0.15, 0.2) is 0 Å². The molecule has 0 bridgehead atoms. The SMILES string of the molecule is CO[P+](=O)c1cc(C)ccc1C. The van der Waals surface area contributed by atoms with Crippen molar-refractivity contribution >= 4 is 13.3 Å². The summed E-state index contributed by atoms with van der Waals surface area (Å²) in [5.41, 5.74) is 2.12. The monoisotopic (exact) mass is 183 g/mol. The zero-order valence-corrected chi connectivity index (χ0v) is 8.39. The lowest BCUT2D eigenvalue weighted by atomic mass is 10.2. The highest BCUT2D eigenvalue weighted by Crippen LogP contribution is 2.22. The third kappa shape index (κ3) is 1.90. The van der Waals surface area contributed by atoms with Crippen molar-refractivity contribution in [2.75, 3.05) is 7.11 Å².